The lowest BCUT2D eigenvalue weighted by molar-refractivity contribution is 0.416. The summed E-state index contributed by atoms with van der Waals surface area (Å²) in [7, 11) is 1.69. The highest BCUT2D eigenvalue weighted by molar-refractivity contribution is 7.15. The van der Waals surface area contributed by atoms with Crippen molar-refractivity contribution in [2.75, 3.05) is 12.8 Å². The molecule has 1 aromatic heterocycles. The first-order valence-corrected chi connectivity index (χ1v) is 6.77. The van der Waals surface area contributed by atoms with Crippen LogP contribution in [0.4, 0.5) is 5.69 Å². The van der Waals surface area contributed by atoms with Gasteiger partial charge < -0.3 is 10.5 Å². The van der Waals surface area contributed by atoms with E-state index in [1.54, 1.807) is 18.4 Å². The van der Waals surface area contributed by atoms with E-state index in [-0.39, 0.29) is 5.41 Å². The highest BCUT2D eigenvalue weighted by atomic mass is 32.1. The highest BCUT2D eigenvalue weighted by Crippen LogP contribution is 2.39. The highest BCUT2D eigenvalue weighted by Gasteiger charge is 2.17. The molecule has 96 valence electrons. The van der Waals surface area contributed by atoms with Gasteiger partial charge >= 0.3 is 0 Å². The van der Waals surface area contributed by atoms with E-state index < -0.39 is 0 Å². The quantitative estimate of drug-likeness (QED) is 0.818. The van der Waals surface area contributed by atoms with Gasteiger partial charge in [-0.3, -0.25) is 0 Å². The number of benzene rings is 1. The van der Waals surface area contributed by atoms with Gasteiger partial charge in [0.2, 0.25) is 0 Å². The molecule has 0 atom stereocenters. The Bertz CT molecular complexity index is 552. The Kier molecular flexibility index (Phi) is 3.35. The van der Waals surface area contributed by atoms with Crippen LogP contribution in [0.25, 0.3) is 10.4 Å². The molecule has 0 aliphatic rings. The van der Waals surface area contributed by atoms with E-state index >= 15 is 0 Å². The molecule has 0 saturated heterocycles. The van der Waals surface area contributed by atoms with Crippen molar-refractivity contribution in [1.82, 2.24) is 0 Å². The molecule has 2 N–H and O–H groups in total. The van der Waals surface area contributed by atoms with Crippen LogP contribution >= 0.6 is 11.3 Å². The van der Waals surface area contributed by atoms with Crippen LogP contribution < -0.4 is 10.5 Å². The largest absolute Gasteiger partial charge is 0.496 e. The molecule has 1 aromatic carbocycles. The molecule has 0 amide bonds. The fraction of sp³-hybridized carbons (Fsp3) is 0.333. The van der Waals surface area contributed by atoms with Gasteiger partial charge in [-0.25, -0.2) is 0 Å². The number of anilines is 1. The molecular formula is C15H19NOS. The minimum Gasteiger partial charge on any atom is -0.496 e. The second-order valence-corrected chi connectivity index (χ2v) is 6.46. The first-order valence-electron chi connectivity index (χ1n) is 5.96. The van der Waals surface area contributed by atoms with Crippen molar-refractivity contribution in [2.24, 2.45) is 0 Å². The Labute approximate surface area is 112 Å². The first kappa shape index (κ1) is 13.0. The zero-order chi connectivity index (χ0) is 13.3. The second kappa shape index (κ2) is 4.65. The fourth-order valence-electron chi connectivity index (χ4n) is 1.80. The maximum atomic E-state index is 5.86. The molecule has 0 aliphatic carbocycles. The topological polar surface area (TPSA) is 35.2 Å². The molecule has 0 unspecified atom stereocenters. The predicted octanol–water partition coefficient (Wildman–Crippen LogP) is 4.30. The third kappa shape index (κ3) is 2.51. The molecule has 0 saturated carbocycles. The molecule has 1 heterocycles. The molecule has 0 radical (unpaired) electrons. The summed E-state index contributed by atoms with van der Waals surface area (Å²) in [6.45, 7) is 6.66. The number of rotatable bonds is 2. The number of ether oxygens (including phenoxy) is 1. The molecule has 2 nitrogen and oxygen atoms in total. The Morgan fingerprint density at radius 1 is 1.11 bits per heavy atom. The van der Waals surface area contributed by atoms with Crippen molar-refractivity contribution >= 4 is 17.0 Å². The van der Waals surface area contributed by atoms with E-state index in [4.69, 9.17) is 10.5 Å². The summed E-state index contributed by atoms with van der Waals surface area (Å²) in [4.78, 5) is 2.56. The van der Waals surface area contributed by atoms with Gasteiger partial charge in [-0.2, -0.15) is 0 Å². The van der Waals surface area contributed by atoms with Crippen LogP contribution in [0.3, 0.4) is 0 Å². The number of methoxy groups -OCH3 is 1. The number of nitrogen functional groups attached to an aromatic ring is 1. The Morgan fingerprint density at radius 3 is 2.39 bits per heavy atom. The molecular weight excluding hydrogens is 242 g/mol. The molecule has 2 rings (SSSR count). The lowest BCUT2D eigenvalue weighted by Gasteiger charge is -2.15. The molecule has 3 heteroatoms. The van der Waals surface area contributed by atoms with E-state index in [9.17, 15) is 0 Å². The normalized spacial score (nSPS) is 11.6. The zero-order valence-electron chi connectivity index (χ0n) is 11.3. The molecule has 0 spiro atoms. The van der Waals surface area contributed by atoms with E-state index in [1.807, 2.05) is 18.2 Å². The van der Waals surface area contributed by atoms with Crippen molar-refractivity contribution in [1.29, 1.82) is 0 Å². The summed E-state index contributed by atoms with van der Waals surface area (Å²) in [5.41, 5.74) is 7.87. The van der Waals surface area contributed by atoms with Crippen molar-refractivity contribution in [3.63, 3.8) is 0 Å². The van der Waals surface area contributed by atoms with E-state index in [1.165, 1.54) is 9.75 Å². The van der Waals surface area contributed by atoms with Crippen molar-refractivity contribution in [2.45, 2.75) is 26.2 Å². The molecule has 0 fully saturated rings. The van der Waals surface area contributed by atoms with Gasteiger partial charge in [-0.1, -0.05) is 20.8 Å². The van der Waals surface area contributed by atoms with E-state index in [0.29, 0.717) is 0 Å². The van der Waals surface area contributed by atoms with Crippen LogP contribution in [0.15, 0.2) is 30.3 Å². The monoisotopic (exact) mass is 261 g/mol. The lowest BCUT2D eigenvalue weighted by Crippen LogP contribution is -2.07. The zero-order valence-corrected chi connectivity index (χ0v) is 12.1. The number of nitrogens with two attached hydrogens (primary N) is 1. The van der Waals surface area contributed by atoms with Crippen molar-refractivity contribution in [3.05, 3.63) is 35.2 Å². The SMILES string of the molecule is COc1ccc(N)cc1-c1ccc(C(C)(C)C)s1. The number of hydrogen-bond donors (Lipinski definition) is 1. The lowest BCUT2D eigenvalue weighted by atomic mass is 9.95. The summed E-state index contributed by atoms with van der Waals surface area (Å²) in [6.07, 6.45) is 0. The van der Waals surface area contributed by atoms with Crippen LogP contribution in [0.1, 0.15) is 25.6 Å². The molecule has 18 heavy (non-hydrogen) atoms. The Morgan fingerprint density at radius 2 is 1.83 bits per heavy atom. The molecule has 0 bridgehead atoms. The Hall–Kier alpha value is -1.48. The average Bonchev–Trinajstić information content (AvgIpc) is 2.77. The van der Waals surface area contributed by atoms with Gasteiger partial charge in [0, 0.05) is 21.0 Å². The van der Waals surface area contributed by atoms with Gasteiger partial charge in [-0.05, 0) is 35.7 Å². The van der Waals surface area contributed by atoms with Crippen molar-refractivity contribution < 1.29 is 4.74 Å². The smallest absolute Gasteiger partial charge is 0.127 e. The van der Waals surface area contributed by atoms with Crippen LogP contribution in [-0.2, 0) is 5.41 Å². The molecule has 2 aromatic rings. The summed E-state index contributed by atoms with van der Waals surface area (Å²) in [5.74, 6) is 0.867. The minimum absolute atomic E-state index is 0.177. The van der Waals surface area contributed by atoms with Gasteiger partial charge in [0.15, 0.2) is 0 Å². The standard InChI is InChI=1S/C15H19NOS/c1-15(2,3)14-8-7-13(18-14)11-9-10(16)5-6-12(11)17-4/h5-9H,16H2,1-4H3. The van der Waals surface area contributed by atoms with Crippen LogP contribution in [-0.4, -0.2) is 7.11 Å². The summed E-state index contributed by atoms with van der Waals surface area (Å²) in [5, 5.41) is 0. The fourth-order valence-corrected chi connectivity index (χ4v) is 2.89. The summed E-state index contributed by atoms with van der Waals surface area (Å²) < 4.78 is 5.40. The second-order valence-electron chi connectivity index (χ2n) is 5.37. The number of thiophene rings is 1. The van der Waals surface area contributed by atoms with Gasteiger partial charge in [0.1, 0.15) is 5.75 Å². The predicted molar refractivity (Wildman–Crippen MR) is 79.4 cm³/mol. The first-order chi connectivity index (χ1) is 8.41. The van der Waals surface area contributed by atoms with Gasteiger partial charge in [0.25, 0.3) is 0 Å². The van der Waals surface area contributed by atoms with Gasteiger partial charge in [-0.15, -0.1) is 11.3 Å². The average molecular weight is 261 g/mol. The minimum atomic E-state index is 0.177. The van der Waals surface area contributed by atoms with Gasteiger partial charge in [0.05, 0.1) is 7.11 Å². The summed E-state index contributed by atoms with van der Waals surface area (Å²) >= 11 is 1.80. The van der Waals surface area contributed by atoms with E-state index in [0.717, 1.165) is 17.0 Å². The number of hydrogen-bond acceptors (Lipinski definition) is 3. The molecule has 0 aliphatic heterocycles. The maximum Gasteiger partial charge on any atom is 0.127 e. The third-order valence-electron chi connectivity index (χ3n) is 2.83. The van der Waals surface area contributed by atoms with Crippen LogP contribution in [0.5, 0.6) is 5.75 Å². The van der Waals surface area contributed by atoms with Crippen LogP contribution in [0.2, 0.25) is 0 Å². The third-order valence-corrected chi connectivity index (χ3v) is 4.38. The van der Waals surface area contributed by atoms with Crippen molar-refractivity contribution in [3.8, 4) is 16.2 Å². The van der Waals surface area contributed by atoms with Crippen LogP contribution in [0, 0.1) is 0 Å². The Balaban J connectivity index is 2.49. The summed E-state index contributed by atoms with van der Waals surface area (Å²) in [6, 6.07) is 10.1. The maximum absolute atomic E-state index is 5.86. The van der Waals surface area contributed by atoms with E-state index in [2.05, 4.69) is 32.9 Å².